The Hall–Kier alpha value is -5.57. The normalized spacial score (nSPS) is 12.7. The smallest absolute Gasteiger partial charge is 0.133 e. The third-order valence-electron chi connectivity index (χ3n) is 10.2. The van der Waals surface area contributed by atoms with Crippen LogP contribution in [0.25, 0.3) is 72.9 Å². The number of hydrogen-bond donors (Lipinski definition) is 1. The van der Waals surface area contributed by atoms with Gasteiger partial charge in [0.05, 0.1) is 5.69 Å². The fourth-order valence-electron chi connectivity index (χ4n) is 7.65. The molecule has 0 unspecified atom stereocenters. The first kappa shape index (κ1) is 32.6. The van der Waals surface area contributed by atoms with Crippen molar-refractivity contribution < 1.29 is 26.2 Å². The fraction of sp³-hybridized carbons (Fsp3) is 0.0870. The van der Waals surface area contributed by atoms with Crippen LogP contribution in [0, 0.1) is 13.0 Å². The summed E-state index contributed by atoms with van der Waals surface area (Å²) in [6.45, 7) is 6.57. The molecule has 3 heterocycles. The quantitative estimate of drug-likeness (QED) is 0.176. The predicted octanol–water partition coefficient (Wildman–Crippen LogP) is 11.2. The summed E-state index contributed by atoms with van der Waals surface area (Å²) in [5.74, 6) is 0.260. The molecule has 0 aliphatic heterocycles. The largest absolute Gasteiger partial charge is 0.507 e. The van der Waals surface area contributed by atoms with Gasteiger partial charge in [0.15, 0.2) is 0 Å². The van der Waals surface area contributed by atoms with Crippen LogP contribution in [0.4, 0.5) is 0 Å². The third kappa shape index (κ3) is 5.34. The van der Waals surface area contributed by atoms with Gasteiger partial charge in [-0.2, -0.15) is 0 Å². The van der Waals surface area contributed by atoms with Gasteiger partial charge in [0.25, 0.3) is 0 Å². The molecule has 0 spiro atoms. The molecule has 51 heavy (non-hydrogen) atoms. The number of phenols is 1. The molecular weight excluding hydrogens is 806 g/mol. The van der Waals surface area contributed by atoms with Crippen LogP contribution in [0.5, 0.6) is 5.75 Å². The summed E-state index contributed by atoms with van der Waals surface area (Å²) < 4.78 is 2.14. The Morgan fingerprint density at radius 2 is 1.31 bits per heavy atom. The molecule has 0 fully saturated rings. The first-order valence-electron chi connectivity index (χ1n) is 17.0. The fourth-order valence-corrected chi connectivity index (χ4v) is 7.65. The molecule has 4 nitrogen and oxygen atoms in total. The second kappa shape index (κ2) is 12.6. The number of benzene rings is 5. The molecule has 1 N–H and O–H groups in total. The number of aromatic nitrogens is 3. The van der Waals surface area contributed by atoms with E-state index in [0.29, 0.717) is 11.3 Å². The molecule has 8 aromatic rings. The van der Waals surface area contributed by atoms with Crippen molar-refractivity contribution in [3.63, 3.8) is 0 Å². The number of rotatable bonds is 5. The molecule has 0 bridgehead atoms. The molecule has 1 aliphatic carbocycles. The van der Waals surface area contributed by atoms with Crippen molar-refractivity contribution in [3.05, 3.63) is 168 Å². The Morgan fingerprint density at radius 1 is 0.608 bits per heavy atom. The van der Waals surface area contributed by atoms with E-state index in [1.807, 2.05) is 42.5 Å². The zero-order chi connectivity index (χ0) is 34.0. The minimum absolute atomic E-state index is 0. The Bertz CT molecular complexity index is 2600. The van der Waals surface area contributed by atoms with Crippen LogP contribution in [0.1, 0.15) is 30.5 Å². The Morgan fingerprint density at radius 3 is 2.14 bits per heavy atom. The van der Waals surface area contributed by atoms with Gasteiger partial charge in [-0.1, -0.05) is 122 Å². The molecule has 5 aromatic carbocycles. The van der Waals surface area contributed by atoms with E-state index in [9.17, 15) is 5.11 Å². The van der Waals surface area contributed by atoms with Crippen molar-refractivity contribution >= 4 is 5.65 Å². The van der Waals surface area contributed by atoms with Gasteiger partial charge in [0.1, 0.15) is 11.4 Å². The van der Waals surface area contributed by atoms with Crippen LogP contribution in [-0.4, -0.2) is 19.5 Å². The molecule has 0 atom stereocenters. The summed E-state index contributed by atoms with van der Waals surface area (Å²) in [4.78, 5) is 10.3. The number of aromatic hydroxyl groups is 1. The van der Waals surface area contributed by atoms with E-state index >= 15 is 0 Å². The van der Waals surface area contributed by atoms with Gasteiger partial charge in [-0.05, 0) is 70.1 Å². The van der Waals surface area contributed by atoms with E-state index < -0.39 is 0 Å². The molecule has 1 aliphatic rings. The third-order valence-corrected chi connectivity index (χ3v) is 10.2. The first-order chi connectivity index (χ1) is 24.4. The van der Waals surface area contributed by atoms with Crippen LogP contribution in [0.15, 0.2) is 146 Å². The van der Waals surface area contributed by atoms with Gasteiger partial charge < -0.3 is 9.51 Å². The monoisotopic (exact) mass is 839 g/mol. The summed E-state index contributed by atoms with van der Waals surface area (Å²) in [6.07, 6.45) is 2.06. The molecule has 3 aromatic heterocycles. The average Bonchev–Trinajstić information content (AvgIpc) is 3.65. The number of nitrogens with zero attached hydrogens (tertiary/aromatic N) is 3. The number of pyridine rings is 2. The zero-order valence-corrected chi connectivity index (χ0v) is 30.7. The minimum Gasteiger partial charge on any atom is -0.507 e. The second-order valence-electron chi connectivity index (χ2n) is 13.6. The second-order valence-corrected chi connectivity index (χ2v) is 13.6. The molecule has 0 amide bonds. The van der Waals surface area contributed by atoms with Gasteiger partial charge in [0, 0.05) is 60.9 Å². The molecule has 0 saturated carbocycles. The first-order valence-corrected chi connectivity index (χ1v) is 17.0. The maximum atomic E-state index is 12.1. The van der Waals surface area contributed by atoms with E-state index in [2.05, 4.69) is 134 Å². The summed E-state index contributed by atoms with van der Waals surface area (Å²) in [6, 6.07) is 51.5. The van der Waals surface area contributed by atoms with Gasteiger partial charge in [0.2, 0.25) is 0 Å². The Balaban J connectivity index is 0.00000374. The maximum absolute atomic E-state index is 12.1. The van der Waals surface area contributed by atoms with Gasteiger partial charge in [-0.25, -0.2) is 0 Å². The molecule has 5 heteroatoms. The van der Waals surface area contributed by atoms with E-state index in [0.717, 1.165) is 67.2 Å². The SMILES string of the molecule is Cc1ccccc1-c1cc(-c2[c-]c(-c3nc4ccccn4c3-c3ccccc3)ccc2)nc(-c2ccc3c(c2O)-c2ccccc2C3(C)C)c1.[Pt]. The predicted molar refractivity (Wildman–Crippen MR) is 203 cm³/mol. The van der Waals surface area contributed by atoms with Crippen molar-refractivity contribution in [3.8, 4) is 73.0 Å². The van der Waals surface area contributed by atoms with Crippen molar-refractivity contribution in [2.75, 3.05) is 0 Å². The van der Waals surface area contributed by atoms with Gasteiger partial charge in [-0.3, -0.25) is 9.97 Å². The van der Waals surface area contributed by atoms with Gasteiger partial charge in [-0.15, -0.1) is 24.3 Å². The minimum atomic E-state index is -0.213. The van der Waals surface area contributed by atoms with E-state index in [-0.39, 0.29) is 32.2 Å². The number of imidazole rings is 1. The molecule has 0 saturated heterocycles. The van der Waals surface area contributed by atoms with Crippen LogP contribution >= 0.6 is 0 Å². The molecule has 9 rings (SSSR count). The maximum Gasteiger partial charge on any atom is 0.133 e. The topological polar surface area (TPSA) is 50.4 Å². The average molecular weight is 840 g/mol. The van der Waals surface area contributed by atoms with Crippen molar-refractivity contribution in [1.29, 1.82) is 0 Å². The van der Waals surface area contributed by atoms with Crippen molar-refractivity contribution in [2.45, 2.75) is 26.2 Å². The summed E-state index contributed by atoms with van der Waals surface area (Å²) >= 11 is 0. The Labute approximate surface area is 312 Å². The molecular formula is C46H34N3OPt-. The number of fused-ring (bicyclic) bond motifs is 4. The van der Waals surface area contributed by atoms with Crippen LogP contribution < -0.4 is 0 Å². The van der Waals surface area contributed by atoms with Crippen LogP contribution in [0.3, 0.4) is 0 Å². The van der Waals surface area contributed by atoms with E-state index in [1.54, 1.807) is 0 Å². The van der Waals surface area contributed by atoms with Crippen molar-refractivity contribution in [1.82, 2.24) is 14.4 Å². The van der Waals surface area contributed by atoms with Crippen LogP contribution in [0.2, 0.25) is 0 Å². The van der Waals surface area contributed by atoms with Crippen LogP contribution in [-0.2, 0) is 26.5 Å². The number of phenolic OH excluding ortho intramolecular Hbond substituents is 1. The molecule has 0 radical (unpaired) electrons. The number of aryl methyl sites for hydroxylation is 1. The number of hydrogen-bond acceptors (Lipinski definition) is 3. The van der Waals surface area contributed by atoms with Crippen molar-refractivity contribution in [2.24, 2.45) is 0 Å². The van der Waals surface area contributed by atoms with Gasteiger partial charge >= 0.3 is 0 Å². The Kier molecular flexibility index (Phi) is 8.08. The standard InChI is InChI=1S/C46H34N3O.Pt/c1-29-14-7-8-19-34(29)33-27-39(47-40(28-33)36-23-24-38-42(45(36)50)35-20-9-10-21-37(35)46(38,2)3)31-17-13-18-32(26-31)43-44(30-15-5-4-6-16-30)49-25-12-11-22-41(49)48-43;/h4-25,27-28,50H,1-3H3;/q-1;. The van der Waals surface area contributed by atoms with E-state index in [1.165, 1.54) is 11.1 Å². The zero-order valence-electron chi connectivity index (χ0n) is 28.5. The molecule has 250 valence electrons. The summed E-state index contributed by atoms with van der Waals surface area (Å²) in [7, 11) is 0. The summed E-state index contributed by atoms with van der Waals surface area (Å²) in [5.41, 5.74) is 15.2. The summed E-state index contributed by atoms with van der Waals surface area (Å²) in [5, 5.41) is 12.1. The van der Waals surface area contributed by atoms with E-state index in [4.69, 9.17) is 9.97 Å².